The molecule has 0 atom stereocenters. The number of amides is 1. The maximum Gasteiger partial charge on any atom is 0.264 e. The van der Waals surface area contributed by atoms with E-state index in [-0.39, 0.29) is 23.8 Å². The molecule has 0 saturated carbocycles. The summed E-state index contributed by atoms with van der Waals surface area (Å²) in [5.41, 5.74) is 1.01. The number of thiophene rings is 1. The number of rotatable bonds is 4. The van der Waals surface area contributed by atoms with E-state index in [1.165, 1.54) is 17.4 Å². The van der Waals surface area contributed by atoms with Crippen molar-refractivity contribution in [1.82, 2.24) is 9.80 Å². The van der Waals surface area contributed by atoms with Crippen molar-refractivity contribution in [1.29, 1.82) is 0 Å². The molecule has 1 aliphatic heterocycles. The first-order valence-electron chi connectivity index (χ1n) is 7.89. The van der Waals surface area contributed by atoms with Gasteiger partial charge in [-0.25, -0.2) is 4.39 Å². The van der Waals surface area contributed by atoms with Gasteiger partial charge in [0.15, 0.2) is 5.78 Å². The minimum atomic E-state index is -0.475. The Labute approximate surface area is 144 Å². The van der Waals surface area contributed by atoms with Crippen LogP contribution in [0.4, 0.5) is 4.39 Å². The lowest BCUT2D eigenvalue weighted by Gasteiger charge is -2.34. The molecule has 126 valence electrons. The molecule has 1 saturated heterocycles. The first-order chi connectivity index (χ1) is 11.5. The minimum Gasteiger partial charge on any atom is -0.335 e. The standard InChI is InChI=1S/C18H19FN2O2S/c1-13-4-5-15(19)14(11-13)16(22)12-20-6-8-21(9-7-20)18(23)17-3-2-10-24-17/h2-5,10-11H,6-9,12H2,1H3. The molecule has 6 heteroatoms. The van der Waals surface area contributed by atoms with E-state index in [2.05, 4.69) is 0 Å². The Bertz CT molecular complexity index is 737. The summed E-state index contributed by atoms with van der Waals surface area (Å²) < 4.78 is 13.8. The lowest BCUT2D eigenvalue weighted by atomic mass is 10.1. The topological polar surface area (TPSA) is 40.6 Å². The Morgan fingerprint density at radius 2 is 1.92 bits per heavy atom. The number of nitrogens with zero attached hydrogens (tertiary/aromatic N) is 2. The fourth-order valence-electron chi connectivity index (χ4n) is 2.81. The molecular weight excluding hydrogens is 327 g/mol. The molecular formula is C18H19FN2O2S. The Balaban J connectivity index is 1.56. The molecule has 4 nitrogen and oxygen atoms in total. The van der Waals surface area contributed by atoms with Gasteiger partial charge in [-0.15, -0.1) is 11.3 Å². The quantitative estimate of drug-likeness (QED) is 0.800. The van der Waals surface area contributed by atoms with E-state index in [1.54, 1.807) is 17.0 Å². The van der Waals surface area contributed by atoms with Gasteiger partial charge in [-0.1, -0.05) is 17.7 Å². The normalized spacial score (nSPS) is 15.5. The van der Waals surface area contributed by atoms with Crippen LogP contribution in [0, 0.1) is 12.7 Å². The van der Waals surface area contributed by atoms with Crippen molar-refractivity contribution < 1.29 is 14.0 Å². The average molecular weight is 346 g/mol. The van der Waals surface area contributed by atoms with Crippen LogP contribution in [0.2, 0.25) is 0 Å². The second-order valence-corrected chi connectivity index (χ2v) is 6.90. The smallest absolute Gasteiger partial charge is 0.264 e. The van der Waals surface area contributed by atoms with Gasteiger partial charge in [0.1, 0.15) is 5.82 Å². The third-order valence-corrected chi connectivity index (χ3v) is 5.04. The zero-order valence-corrected chi connectivity index (χ0v) is 14.3. The van der Waals surface area contributed by atoms with Crippen LogP contribution >= 0.6 is 11.3 Å². The molecule has 1 fully saturated rings. The summed E-state index contributed by atoms with van der Waals surface area (Å²) in [6.07, 6.45) is 0. The van der Waals surface area contributed by atoms with Crippen LogP contribution in [0.1, 0.15) is 25.6 Å². The van der Waals surface area contributed by atoms with Gasteiger partial charge in [0.25, 0.3) is 5.91 Å². The summed E-state index contributed by atoms with van der Waals surface area (Å²) in [5.74, 6) is -0.646. The molecule has 24 heavy (non-hydrogen) atoms. The van der Waals surface area contributed by atoms with Crippen LogP contribution in [0.25, 0.3) is 0 Å². The van der Waals surface area contributed by atoms with Gasteiger partial charge < -0.3 is 4.90 Å². The van der Waals surface area contributed by atoms with Crippen molar-refractivity contribution in [2.75, 3.05) is 32.7 Å². The summed E-state index contributed by atoms with van der Waals surface area (Å²) in [6.45, 7) is 4.43. The van der Waals surface area contributed by atoms with E-state index >= 15 is 0 Å². The SMILES string of the molecule is Cc1ccc(F)c(C(=O)CN2CCN(C(=O)c3cccs3)CC2)c1. The minimum absolute atomic E-state index is 0.0423. The predicted octanol–water partition coefficient (Wildman–Crippen LogP) is 2.84. The monoisotopic (exact) mass is 346 g/mol. The Morgan fingerprint density at radius 3 is 2.58 bits per heavy atom. The molecule has 1 aromatic heterocycles. The predicted molar refractivity (Wildman–Crippen MR) is 92.1 cm³/mol. The van der Waals surface area contributed by atoms with Gasteiger partial charge >= 0.3 is 0 Å². The van der Waals surface area contributed by atoms with Gasteiger partial charge in [-0.3, -0.25) is 14.5 Å². The van der Waals surface area contributed by atoms with E-state index < -0.39 is 5.82 Å². The fourth-order valence-corrected chi connectivity index (χ4v) is 3.50. The highest BCUT2D eigenvalue weighted by Crippen LogP contribution is 2.15. The molecule has 0 unspecified atom stereocenters. The van der Waals surface area contributed by atoms with E-state index in [9.17, 15) is 14.0 Å². The van der Waals surface area contributed by atoms with Crippen molar-refractivity contribution in [3.63, 3.8) is 0 Å². The Hall–Kier alpha value is -2.05. The van der Waals surface area contributed by atoms with Crippen molar-refractivity contribution in [2.45, 2.75) is 6.92 Å². The van der Waals surface area contributed by atoms with Crippen LogP contribution < -0.4 is 0 Å². The zero-order chi connectivity index (χ0) is 17.1. The number of Topliss-reactive ketones (excluding diaryl/α,β-unsaturated/α-hetero) is 1. The summed E-state index contributed by atoms with van der Waals surface area (Å²) >= 11 is 1.44. The highest BCUT2D eigenvalue weighted by atomic mass is 32.1. The van der Waals surface area contributed by atoms with E-state index in [1.807, 2.05) is 29.3 Å². The Morgan fingerprint density at radius 1 is 1.17 bits per heavy atom. The van der Waals surface area contributed by atoms with Gasteiger partial charge in [-0.05, 0) is 30.5 Å². The molecule has 1 aliphatic rings. The number of hydrogen-bond donors (Lipinski definition) is 0. The molecule has 0 aliphatic carbocycles. The molecule has 1 amide bonds. The first-order valence-corrected chi connectivity index (χ1v) is 8.77. The second kappa shape index (κ2) is 7.23. The zero-order valence-electron chi connectivity index (χ0n) is 13.5. The second-order valence-electron chi connectivity index (χ2n) is 5.95. The molecule has 2 aromatic rings. The van der Waals surface area contributed by atoms with Crippen molar-refractivity contribution in [3.8, 4) is 0 Å². The number of carbonyl (C=O) groups is 2. The first kappa shape index (κ1) is 16.8. The molecule has 0 radical (unpaired) electrons. The molecule has 0 N–H and O–H groups in total. The highest BCUT2D eigenvalue weighted by Gasteiger charge is 2.24. The summed E-state index contributed by atoms with van der Waals surface area (Å²) in [4.78, 5) is 29.1. The number of benzene rings is 1. The molecule has 3 rings (SSSR count). The highest BCUT2D eigenvalue weighted by molar-refractivity contribution is 7.12. The summed E-state index contributed by atoms with van der Waals surface area (Å²) in [5, 5.41) is 1.89. The lowest BCUT2D eigenvalue weighted by Crippen LogP contribution is -2.49. The number of aryl methyl sites for hydroxylation is 1. The molecule has 0 bridgehead atoms. The van der Waals surface area contributed by atoms with E-state index in [0.29, 0.717) is 26.2 Å². The third kappa shape index (κ3) is 3.71. The lowest BCUT2D eigenvalue weighted by molar-refractivity contribution is 0.0628. The molecule has 2 heterocycles. The van der Waals surface area contributed by atoms with Crippen LogP contribution in [0.3, 0.4) is 0 Å². The van der Waals surface area contributed by atoms with Gasteiger partial charge in [0.05, 0.1) is 17.0 Å². The average Bonchev–Trinajstić information content (AvgIpc) is 3.11. The maximum absolute atomic E-state index is 13.8. The number of piperazine rings is 1. The summed E-state index contributed by atoms with van der Waals surface area (Å²) in [7, 11) is 0. The van der Waals surface area contributed by atoms with Crippen LogP contribution in [-0.4, -0.2) is 54.2 Å². The number of halogens is 1. The maximum atomic E-state index is 13.8. The summed E-state index contributed by atoms with van der Waals surface area (Å²) in [6, 6.07) is 8.27. The van der Waals surface area contributed by atoms with Crippen LogP contribution in [0.15, 0.2) is 35.7 Å². The van der Waals surface area contributed by atoms with Gasteiger partial charge in [0, 0.05) is 26.2 Å². The van der Waals surface area contributed by atoms with Gasteiger partial charge in [-0.2, -0.15) is 0 Å². The van der Waals surface area contributed by atoms with E-state index in [4.69, 9.17) is 0 Å². The number of carbonyl (C=O) groups excluding carboxylic acids is 2. The van der Waals surface area contributed by atoms with Crippen LogP contribution in [-0.2, 0) is 0 Å². The fraction of sp³-hybridized carbons (Fsp3) is 0.333. The number of ketones is 1. The van der Waals surface area contributed by atoms with Crippen LogP contribution in [0.5, 0.6) is 0 Å². The van der Waals surface area contributed by atoms with E-state index in [0.717, 1.165) is 10.4 Å². The number of hydrogen-bond acceptors (Lipinski definition) is 4. The van der Waals surface area contributed by atoms with Crippen molar-refractivity contribution in [2.24, 2.45) is 0 Å². The largest absolute Gasteiger partial charge is 0.335 e. The van der Waals surface area contributed by atoms with Crippen molar-refractivity contribution >= 4 is 23.0 Å². The van der Waals surface area contributed by atoms with Crippen molar-refractivity contribution in [3.05, 3.63) is 57.5 Å². The molecule has 1 aromatic carbocycles. The third-order valence-electron chi connectivity index (χ3n) is 4.18. The van der Waals surface area contributed by atoms with Gasteiger partial charge in [0.2, 0.25) is 0 Å². The molecule has 0 spiro atoms. The Kier molecular flexibility index (Phi) is 5.06.